The number of carbonyl (C=O) groups excluding carboxylic acids is 1. The highest BCUT2D eigenvalue weighted by Crippen LogP contribution is 2.21. The maximum Gasteiger partial charge on any atom is 0.437 e. The summed E-state index contributed by atoms with van der Waals surface area (Å²) >= 11 is 7.45. The first-order valence-electron chi connectivity index (χ1n) is 7.21. The summed E-state index contributed by atoms with van der Waals surface area (Å²) in [6, 6.07) is 8.95. The van der Waals surface area contributed by atoms with Gasteiger partial charge in [0.05, 0.1) is 11.4 Å². The molecule has 0 bridgehead atoms. The number of rotatable bonds is 5. The van der Waals surface area contributed by atoms with Gasteiger partial charge in [-0.3, -0.25) is 4.79 Å². The van der Waals surface area contributed by atoms with Crippen LogP contribution in [0.15, 0.2) is 44.9 Å². The molecular formula is C16H14ClN3O3S. The van der Waals surface area contributed by atoms with Gasteiger partial charge in [0.15, 0.2) is 0 Å². The summed E-state index contributed by atoms with van der Waals surface area (Å²) in [6.45, 7) is 2.02. The fourth-order valence-electron chi connectivity index (χ4n) is 2.05. The first-order chi connectivity index (χ1) is 11.5. The van der Waals surface area contributed by atoms with Gasteiger partial charge in [-0.2, -0.15) is 4.68 Å². The molecule has 1 N–H and O–H groups in total. The van der Waals surface area contributed by atoms with Crippen LogP contribution in [-0.4, -0.2) is 15.7 Å². The number of hydrogen-bond acceptors (Lipinski definition) is 5. The lowest BCUT2D eigenvalue weighted by Gasteiger charge is -2.06. The zero-order chi connectivity index (χ0) is 17.1. The number of halogens is 1. The third-order valence-corrected chi connectivity index (χ3v) is 4.61. The van der Waals surface area contributed by atoms with Gasteiger partial charge in [-0.25, -0.2) is 4.79 Å². The average Bonchev–Trinajstić information content (AvgIpc) is 3.18. The number of thiophene rings is 1. The van der Waals surface area contributed by atoms with E-state index in [-0.39, 0.29) is 24.8 Å². The van der Waals surface area contributed by atoms with E-state index >= 15 is 0 Å². The summed E-state index contributed by atoms with van der Waals surface area (Å²) in [6.07, 6.45) is 0.0990. The highest BCUT2D eigenvalue weighted by Gasteiger charge is 2.12. The van der Waals surface area contributed by atoms with Crippen LogP contribution < -0.4 is 11.1 Å². The predicted molar refractivity (Wildman–Crippen MR) is 93.5 cm³/mol. The van der Waals surface area contributed by atoms with Gasteiger partial charge in [0, 0.05) is 17.1 Å². The molecule has 0 aliphatic heterocycles. The van der Waals surface area contributed by atoms with Crippen molar-refractivity contribution in [2.75, 3.05) is 5.32 Å². The third kappa shape index (κ3) is 3.74. The predicted octanol–water partition coefficient (Wildman–Crippen LogP) is 3.56. The average molecular weight is 364 g/mol. The van der Waals surface area contributed by atoms with E-state index < -0.39 is 5.76 Å². The van der Waals surface area contributed by atoms with Crippen molar-refractivity contribution in [3.05, 3.63) is 56.8 Å². The topological polar surface area (TPSA) is 77.1 Å². The fourth-order valence-corrected chi connectivity index (χ4v) is 2.87. The largest absolute Gasteiger partial charge is 0.437 e. The van der Waals surface area contributed by atoms with Crippen LogP contribution >= 0.6 is 22.9 Å². The van der Waals surface area contributed by atoms with Crippen molar-refractivity contribution < 1.29 is 9.21 Å². The van der Waals surface area contributed by atoms with Gasteiger partial charge in [-0.15, -0.1) is 16.4 Å². The Morgan fingerprint density at radius 1 is 1.42 bits per heavy atom. The van der Waals surface area contributed by atoms with Gasteiger partial charge in [0.2, 0.25) is 5.91 Å². The molecule has 1 aromatic carbocycles. The lowest BCUT2D eigenvalue weighted by Crippen LogP contribution is -2.20. The molecule has 0 spiro atoms. The van der Waals surface area contributed by atoms with Crippen LogP contribution in [0.3, 0.4) is 0 Å². The van der Waals surface area contributed by atoms with E-state index in [2.05, 4.69) is 10.4 Å². The van der Waals surface area contributed by atoms with Crippen molar-refractivity contribution in [1.82, 2.24) is 9.78 Å². The van der Waals surface area contributed by atoms with E-state index in [0.717, 1.165) is 15.1 Å². The number of hydrogen-bond donors (Lipinski definition) is 1. The van der Waals surface area contributed by atoms with E-state index in [4.69, 9.17) is 16.0 Å². The molecule has 8 heteroatoms. The summed E-state index contributed by atoms with van der Waals surface area (Å²) < 4.78 is 6.25. The van der Waals surface area contributed by atoms with Crippen LogP contribution in [0.25, 0.3) is 10.8 Å². The summed E-state index contributed by atoms with van der Waals surface area (Å²) in [4.78, 5) is 24.5. The second-order valence-electron chi connectivity index (χ2n) is 5.14. The van der Waals surface area contributed by atoms with E-state index in [1.54, 1.807) is 12.1 Å². The molecule has 2 heterocycles. The van der Waals surface area contributed by atoms with Crippen LogP contribution in [-0.2, 0) is 11.3 Å². The zero-order valence-electron chi connectivity index (χ0n) is 12.8. The van der Waals surface area contributed by atoms with Crippen molar-refractivity contribution in [1.29, 1.82) is 0 Å². The normalized spacial score (nSPS) is 10.8. The number of anilines is 1. The number of benzene rings is 1. The Morgan fingerprint density at radius 3 is 2.96 bits per heavy atom. The van der Waals surface area contributed by atoms with Crippen molar-refractivity contribution in [2.45, 2.75) is 19.9 Å². The van der Waals surface area contributed by atoms with E-state index in [9.17, 15) is 9.59 Å². The number of nitrogens with zero attached hydrogens (tertiary/aromatic N) is 2. The summed E-state index contributed by atoms with van der Waals surface area (Å²) in [7, 11) is 0. The van der Waals surface area contributed by atoms with E-state index in [0.29, 0.717) is 10.7 Å². The number of nitrogens with one attached hydrogen (secondary N) is 1. The molecule has 3 aromatic rings. The Hall–Kier alpha value is -2.38. The quantitative estimate of drug-likeness (QED) is 0.751. The zero-order valence-corrected chi connectivity index (χ0v) is 14.4. The minimum atomic E-state index is -0.579. The molecule has 0 fully saturated rings. The van der Waals surface area contributed by atoms with Crippen molar-refractivity contribution in [3.63, 3.8) is 0 Å². The monoisotopic (exact) mass is 363 g/mol. The molecule has 2 aromatic heterocycles. The fraction of sp³-hybridized carbons (Fsp3) is 0.188. The lowest BCUT2D eigenvalue weighted by atomic mass is 10.2. The molecule has 0 atom stereocenters. The van der Waals surface area contributed by atoms with Gasteiger partial charge in [0.25, 0.3) is 5.89 Å². The van der Waals surface area contributed by atoms with Crippen LogP contribution in [0.2, 0.25) is 5.02 Å². The van der Waals surface area contributed by atoms with Gasteiger partial charge < -0.3 is 9.73 Å². The summed E-state index contributed by atoms with van der Waals surface area (Å²) in [5.74, 6) is -0.548. The number of carbonyl (C=O) groups is 1. The third-order valence-electron chi connectivity index (χ3n) is 3.34. The number of aryl methyl sites for hydroxylation is 2. The molecule has 24 heavy (non-hydrogen) atoms. The Labute approximate surface area is 146 Å². The van der Waals surface area contributed by atoms with Gasteiger partial charge in [-0.1, -0.05) is 23.7 Å². The minimum absolute atomic E-state index is 0.0990. The molecule has 1 amide bonds. The Balaban J connectivity index is 1.62. The van der Waals surface area contributed by atoms with E-state index in [1.165, 1.54) is 11.3 Å². The minimum Gasteiger partial charge on any atom is -0.387 e. The molecule has 6 nitrogen and oxygen atoms in total. The van der Waals surface area contributed by atoms with Crippen molar-refractivity contribution in [3.8, 4) is 10.8 Å². The highest BCUT2D eigenvalue weighted by molar-refractivity contribution is 7.13. The smallest absolute Gasteiger partial charge is 0.387 e. The second-order valence-corrected chi connectivity index (χ2v) is 6.49. The maximum absolute atomic E-state index is 12.0. The van der Waals surface area contributed by atoms with Gasteiger partial charge >= 0.3 is 5.76 Å². The molecule has 3 rings (SSSR count). The Bertz CT molecular complexity index is 915. The Morgan fingerprint density at radius 2 is 2.25 bits per heavy atom. The highest BCUT2D eigenvalue weighted by atomic mass is 35.5. The molecule has 124 valence electrons. The van der Waals surface area contributed by atoms with Gasteiger partial charge in [-0.05, 0) is 36.1 Å². The van der Waals surface area contributed by atoms with Crippen LogP contribution in [0, 0.1) is 6.92 Å². The van der Waals surface area contributed by atoms with Gasteiger partial charge in [0.1, 0.15) is 0 Å². The van der Waals surface area contributed by atoms with Crippen molar-refractivity contribution >= 4 is 34.5 Å². The van der Waals surface area contributed by atoms with E-state index in [1.807, 2.05) is 30.5 Å². The molecule has 0 saturated carbocycles. The molecule has 0 unspecified atom stereocenters. The number of aromatic nitrogens is 2. The SMILES string of the molecule is Cc1ccc(NC(=O)CCn2nc(-c3cccs3)oc2=O)cc1Cl. The standard InChI is InChI=1S/C16H14ClN3O3S/c1-10-4-5-11(9-12(10)17)18-14(21)6-7-20-16(22)23-15(19-20)13-3-2-8-24-13/h2-5,8-9H,6-7H2,1H3,(H,18,21). The molecule has 0 saturated heterocycles. The van der Waals surface area contributed by atoms with Crippen LogP contribution in [0.1, 0.15) is 12.0 Å². The van der Waals surface area contributed by atoms with Crippen molar-refractivity contribution in [2.24, 2.45) is 0 Å². The first kappa shape index (κ1) is 16.5. The summed E-state index contributed by atoms with van der Waals surface area (Å²) in [5, 5.41) is 9.30. The summed E-state index contributed by atoms with van der Waals surface area (Å²) in [5.41, 5.74) is 1.55. The molecule has 0 radical (unpaired) electrons. The second kappa shape index (κ2) is 7.02. The lowest BCUT2D eigenvalue weighted by molar-refractivity contribution is -0.116. The first-order valence-corrected chi connectivity index (χ1v) is 8.46. The molecule has 0 aliphatic rings. The van der Waals surface area contributed by atoms with Crippen LogP contribution in [0.4, 0.5) is 5.69 Å². The Kier molecular flexibility index (Phi) is 4.82. The molecular weight excluding hydrogens is 350 g/mol. The van der Waals surface area contributed by atoms with Crippen LogP contribution in [0.5, 0.6) is 0 Å². The number of amides is 1. The molecule has 0 aliphatic carbocycles. The maximum atomic E-state index is 12.0.